The Kier molecular flexibility index (Phi) is 5.66. The third-order valence-electron chi connectivity index (χ3n) is 3.58. The standard InChI is InChI=1S/C15H25NO/c1-5-15(6-2,17-7-3)14(16-4)13-11-9-8-10-12-13/h8-12,14,16H,5-7H2,1-4H3. The van der Waals surface area contributed by atoms with Gasteiger partial charge in [0, 0.05) is 6.61 Å². The fourth-order valence-electron chi connectivity index (χ4n) is 2.61. The molecule has 0 radical (unpaired) electrons. The highest BCUT2D eigenvalue weighted by Gasteiger charge is 2.36. The van der Waals surface area contributed by atoms with Crippen molar-refractivity contribution in [3.8, 4) is 0 Å². The zero-order chi connectivity index (χ0) is 12.7. The number of likely N-dealkylation sites (N-methyl/N-ethyl adjacent to an activating group) is 1. The Morgan fingerprint density at radius 2 is 1.71 bits per heavy atom. The van der Waals surface area contributed by atoms with E-state index in [9.17, 15) is 0 Å². The summed E-state index contributed by atoms with van der Waals surface area (Å²) in [6, 6.07) is 10.8. The molecule has 0 aromatic heterocycles. The van der Waals surface area contributed by atoms with Crippen LogP contribution < -0.4 is 5.32 Å². The number of ether oxygens (including phenoxy) is 1. The second-order valence-electron chi connectivity index (χ2n) is 4.34. The summed E-state index contributed by atoms with van der Waals surface area (Å²) in [5, 5.41) is 3.42. The number of nitrogens with one attached hydrogen (secondary N) is 1. The van der Waals surface area contributed by atoms with Gasteiger partial charge in [0.2, 0.25) is 0 Å². The second-order valence-corrected chi connectivity index (χ2v) is 4.34. The molecule has 0 aliphatic rings. The van der Waals surface area contributed by atoms with Crippen molar-refractivity contribution >= 4 is 0 Å². The molecule has 0 amide bonds. The van der Waals surface area contributed by atoms with Gasteiger partial charge in [0.25, 0.3) is 0 Å². The molecule has 2 nitrogen and oxygen atoms in total. The van der Waals surface area contributed by atoms with E-state index in [1.165, 1.54) is 5.56 Å². The number of hydrogen-bond donors (Lipinski definition) is 1. The van der Waals surface area contributed by atoms with Crippen molar-refractivity contribution in [3.63, 3.8) is 0 Å². The van der Waals surface area contributed by atoms with E-state index in [0.29, 0.717) is 0 Å². The fraction of sp³-hybridized carbons (Fsp3) is 0.600. The maximum atomic E-state index is 6.07. The zero-order valence-corrected chi connectivity index (χ0v) is 11.5. The molecule has 1 aromatic rings. The number of benzene rings is 1. The van der Waals surface area contributed by atoms with Crippen LogP contribution in [0.1, 0.15) is 45.2 Å². The topological polar surface area (TPSA) is 21.3 Å². The van der Waals surface area contributed by atoms with E-state index in [1.54, 1.807) is 0 Å². The third kappa shape index (κ3) is 3.08. The van der Waals surface area contributed by atoms with Crippen LogP contribution in [0, 0.1) is 0 Å². The minimum atomic E-state index is -0.106. The highest BCUT2D eigenvalue weighted by atomic mass is 16.5. The predicted molar refractivity (Wildman–Crippen MR) is 73.2 cm³/mol. The van der Waals surface area contributed by atoms with Crippen LogP contribution in [0.25, 0.3) is 0 Å². The summed E-state index contributed by atoms with van der Waals surface area (Å²) >= 11 is 0. The summed E-state index contributed by atoms with van der Waals surface area (Å²) in [6.45, 7) is 7.23. The lowest BCUT2D eigenvalue weighted by molar-refractivity contribution is -0.0717. The minimum absolute atomic E-state index is 0.106. The van der Waals surface area contributed by atoms with E-state index < -0.39 is 0 Å². The summed E-state index contributed by atoms with van der Waals surface area (Å²) in [4.78, 5) is 0. The van der Waals surface area contributed by atoms with Crippen LogP contribution in [0.3, 0.4) is 0 Å². The van der Waals surface area contributed by atoms with Crippen molar-refractivity contribution in [2.24, 2.45) is 0 Å². The molecular weight excluding hydrogens is 210 g/mol. The van der Waals surface area contributed by atoms with Crippen molar-refractivity contribution in [1.29, 1.82) is 0 Å². The molecular formula is C15H25NO. The van der Waals surface area contributed by atoms with Gasteiger partial charge in [0.1, 0.15) is 0 Å². The van der Waals surface area contributed by atoms with Crippen molar-refractivity contribution < 1.29 is 4.74 Å². The van der Waals surface area contributed by atoms with Gasteiger partial charge < -0.3 is 10.1 Å². The lowest BCUT2D eigenvalue weighted by Crippen LogP contribution is -2.44. The molecule has 17 heavy (non-hydrogen) atoms. The lowest BCUT2D eigenvalue weighted by atomic mass is 9.84. The van der Waals surface area contributed by atoms with E-state index in [1.807, 2.05) is 7.05 Å². The van der Waals surface area contributed by atoms with Gasteiger partial charge in [-0.25, -0.2) is 0 Å². The van der Waals surface area contributed by atoms with Gasteiger partial charge in [0.15, 0.2) is 0 Å². The van der Waals surface area contributed by atoms with E-state index >= 15 is 0 Å². The second kappa shape index (κ2) is 6.77. The van der Waals surface area contributed by atoms with Gasteiger partial charge in [-0.3, -0.25) is 0 Å². The first-order valence-corrected chi connectivity index (χ1v) is 6.60. The molecule has 1 aromatic carbocycles. The summed E-state index contributed by atoms with van der Waals surface area (Å²) in [5.74, 6) is 0. The highest BCUT2D eigenvalue weighted by Crippen LogP contribution is 2.35. The van der Waals surface area contributed by atoms with Gasteiger partial charge in [-0.15, -0.1) is 0 Å². The lowest BCUT2D eigenvalue weighted by Gasteiger charge is -2.39. The van der Waals surface area contributed by atoms with E-state index in [2.05, 4.69) is 56.4 Å². The SMILES string of the molecule is CCOC(CC)(CC)C(NC)c1ccccc1. The van der Waals surface area contributed by atoms with Crippen LogP contribution in [-0.2, 0) is 4.74 Å². The van der Waals surface area contributed by atoms with Crippen LogP contribution in [0.4, 0.5) is 0 Å². The van der Waals surface area contributed by atoms with Gasteiger partial charge in [0.05, 0.1) is 11.6 Å². The summed E-state index contributed by atoms with van der Waals surface area (Å²) in [6.07, 6.45) is 2.02. The van der Waals surface area contributed by atoms with Crippen molar-refractivity contribution in [2.45, 2.75) is 45.3 Å². The molecule has 0 spiro atoms. The maximum absolute atomic E-state index is 6.07. The Morgan fingerprint density at radius 3 is 2.12 bits per heavy atom. The third-order valence-corrected chi connectivity index (χ3v) is 3.58. The molecule has 0 bridgehead atoms. The molecule has 96 valence electrons. The van der Waals surface area contributed by atoms with Crippen LogP contribution in [0.15, 0.2) is 30.3 Å². The molecule has 2 heteroatoms. The van der Waals surface area contributed by atoms with Gasteiger partial charge in [-0.1, -0.05) is 44.2 Å². The summed E-state index contributed by atoms with van der Waals surface area (Å²) in [5.41, 5.74) is 1.19. The quantitative estimate of drug-likeness (QED) is 0.780. The molecule has 0 heterocycles. The Labute approximate surface area is 105 Å². The first-order chi connectivity index (χ1) is 8.24. The van der Waals surface area contributed by atoms with E-state index in [4.69, 9.17) is 4.74 Å². The Balaban J connectivity index is 3.05. The molecule has 1 atom stereocenters. The number of hydrogen-bond acceptors (Lipinski definition) is 2. The van der Waals surface area contributed by atoms with Crippen LogP contribution in [0.2, 0.25) is 0 Å². The maximum Gasteiger partial charge on any atom is 0.0870 e. The number of rotatable bonds is 7. The Bertz CT molecular complexity index is 306. The van der Waals surface area contributed by atoms with Gasteiger partial charge in [-0.2, -0.15) is 0 Å². The fourth-order valence-corrected chi connectivity index (χ4v) is 2.61. The Morgan fingerprint density at radius 1 is 1.12 bits per heavy atom. The molecule has 0 aliphatic heterocycles. The molecule has 1 unspecified atom stereocenters. The largest absolute Gasteiger partial charge is 0.373 e. The molecule has 0 saturated heterocycles. The summed E-state index contributed by atoms with van der Waals surface area (Å²) in [7, 11) is 2.01. The summed E-state index contributed by atoms with van der Waals surface area (Å²) < 4.78 is 6.07. The van der Waals surface area contributed by atoms with Crippen molar-refractivity contribution in [3.05, 3.63) is 35.9 Å². The molecule has 1 N–H and O–H groups in total. The molecule has 0 saturated carbocycles. The monoisotopic (exact) mass is 235 g/mol. The molecule has 1 rings (SSSR count). The average Bonchev–Trinajstić information content (AvgIpc) is 2.39. The smallest absolute Gasteiger partial charge is 0.0870 e. The van der Waals surface area contributed by atoms with Crippen LogP contribution in [-0.4, -0.2) is 19.3 Å². The molecule has 0 aliphatic carbocycles. The van der Waals surface area contributed by atoms with Gasteiger partial charge >= 0.3 is 0 Å². The minimum Gasteiger partial charge on any atom is -0.373 e. The Hall–Kier alpha value is -0.860. The molecule has 0 fully saturated rings. The van der Waals surface area contributed by atoms with E-state index in [-0.39, 0.29) is 11.6 Å². The first kappa shape index (κ1) is 14.2. The van der Waals surface area contributed by atoms with Crippen molar-refractivity contribution in [2.75, 3.05) is 13.7 Å². The normalized spacial score (nSPS) is 13.6. The van der Waals surface area contributed by atoms with Crippen LogP contribution >= 0.6 is 0 Å². The first-order valence-electron chi connectivity index (χ1n) is 6.60. The average molecular weight is 235 g/mol. The van der Waals surface area contributed by atoms with Crippen molar-refractivity contribution in [1.82, 2.24) is 5.32 Å². The van der Waals surface area contributed by atoms with E-state index in [0.717, 1.165) is 19.4 Å². The van der Waals surface area contributed by atoms with Gasteiger partial charge in [-0.05, 0) is 32.4 Å². The van der Waals surface area contributed by atoms with Crippen LogP contribution in [0.5, 0.6) is 0 Å². The highest BCUT2D eigenvalue weighted by molar-refractivity contribution is 5.22. The predicted octanol–water partition coefficient (Wildman–Crippen LogP) is 3.54. The zero-order valence-electron chi connectivity index (χ0n) is 11.5.